The van der Waals surface area contributed by atoms with Crippen LogP contribution in [0.2, 0.25) is 0 Å². The monoisotopic (exact) mass is 412 g/mol. The molecule has 0 saturated carbocycles. The van der Waals surface area contributed by atoms with E-state index in [0.29, 0.717) is 25.2 Å². The van der Waals surface area contributed by atoms with Crippen molar-refractivity contribution in [3.63, 3.8) is 0 Å². The van der Waals surface area contributed by atoms with Gasteiger partial charge in [-0.3, -0.25) is 9.36 Å². The van der Waals surface area contributed by atoms with Crippen molar-refractivity contribution in [3.8, 4) is 0 Å². The summed E-state index contributed by atoms with van der Waals surface area (Å²) in [7, 11) is -3.47. The molecule has 2 rings (SSSR count). The molecule has 1 aliphatic heterocycles. The number of benzene rings is 1. The molecule has 0 aromatic heterocycles. The van der Waals surface area contributed by atoms with Crippen LogP contribution in [-0.2, 0) is 28.5 Å². The van der Waals surface area contributed by atoms with Gasteiger partial charge in [-0.05, 0) is 24.8 Å². The van der Waals surface area contributed by atoms with E-state index in [1.165, 1.54) is 0 Å². The summed E-state index contributed by atoms with van der Waals surface area (Å²) in [6.07, 6.45) is -0.145. The molecule has 0 aliphatic carbocycles. The highest BCUT2D eigenvalue weighted by atomic mass is 31.2. The Morgan fingerprint density at radius 3 is 2.11 bits per heavy atom. The van der Waals surface area contributed by atoms with E-state index >= 15 is 0 Å². The van der Waals surface area contributed by atoms with Crippen LogP contribution in [0.5, 0.6) is 0 Å². The van der Waals surface area contributed by atoms with Crippen molar-refractivity contribution in [3.05, 3.63) is 35.4 Å². The van der Waals surface area contributed by atoms with Crippen molar-refractivity contribution in [2.75, 3.05) is 26.4 Å². The normalized spacial score (nSPS) is 17.0. The molecule has 1 aromatic carbocycles. The third-order valence-corrected chi connectivity index (χ3v) is 7.24. The fraction of sp³-hybridized carbons (Fsp3) is 0.667. The Balaban J connectivity index is 2.20. The Morgan fingerprint density at radius 1 is 1.11 bits per heavy atom. The smallest absolute Gasteiger partial charge is 0.334 e. The maximum absolute atomic E-state index is 13.3. The molecule has 1 saturated heterocycles. The van der Waals surface area contributed by atoms with Crippen LogP contribution in [0.4, 0.5) is 0 Å². The van der Waals surface area contributed by atoms with Crippen molar-refractivity contribution in [1.82, 2.24) is 0 Å². The lowest BCUT2D eigenvalue weighted by Crippen LogP contribution is -2.24. The maximum atomic E-state index is 13.3. The Kier molecular flexibility index (Phi) is 8.41. The van der Waals surface area contributed by atoms with Crippen LogP contribution in [0.3, 0.4) is 0 Å². The molecule has 0 radical (unpaired) electrons. The Hall–Kier alpha value is -1.04. The van der Waals surface area contributed by atoms with Crippen LogP contribution >= 0.6 is 7.60 Å². The van der Waals surface area contributed by atoms with E-state index in [4.69, 9.17) is 18.5 Å². The second-order valence-corrected chi connectivity index (χ2v) is 10.2. The molecule has 0 N–H and O–H groups in total. The van der Waals surface area contributed by atoms with Gasteiger partial charge in [-0.15, -0.1) is 0 Å². The Labute approximate surface area is 168 Å². The van der Waals surface area contributed by atoms with Gasteiger partial charge in [0.2, 0.25) is 0 Å². The standard InChI is InChI=1S/C21H33O6P/c1-6-26-28(23,27-7-2)18(15-20-24-12-13-25-20)14-19(22)16-8-10-17(11-9-16)21(3,4)5/h8-11,18,20H,6-7,12-15H2,1-5H3. The van der Waals surface area contributed by atoms with Gasteiger partial charge in [-0.1, -0.05) is 45.0 Å². The van der Waals surface area contributed by atoms with E-state index in [9.17, 15) is 9.36 Å². The molecule has 0 bridgehead atoms. The largest absolute Gasteiger partial charge is 0.350 e. The summed E-state index contributed by atoms with van der Waals surface area (Å²) in [6, 6.07) is 7.59. The average Bonchev–Trinajstić information content (AvgIpc) is 3.14. The quantitative estimate of drug-likeness (QED) is 0.400. The minimum absolute atomic E-state index is 0.0148. The van der Waals surface area contributed by atoms with Gasteiger partial charge >= 0.3 is 7.60 Å². The van der Waals surface area contributed by atoms with Crippen LogP contribution < -0.4 is 0 Å². The molecule has 1 aromatic rings. The minimum Gasteiger partial charge on any atom is -0.350 e. The highest BCUT2D eigenvalue weighted by molar-refractivity contribution is 7.54. The molecular weight excluding hydrogens is 379 g/mol. The number of Topliss-reactive ketones (excluding diaryl/α,β-unsaturated/α-hetero) is 1. The average molecular weight is 412 g/mol. The number of ketones is 1. The zero-order valence-corrected chi connectivity index (χ0v) is 18.5. The van der Waals surface area contributed by atoms with Gasteiger partial charge in [0.05, 0.1) is 32.1 Å². The van der Waals surface area contributed by atoms with Crippen molar-refractivity contribution in [2.45, 2.75) is 64.8 Å². The van der Waals surface area contributed by atoms with Crippen LogP contribution in [0.25, 0.3) is 0 Å². The number of hydrogen-bond donors (Lipinski definition) is 0. The number of hydrogen-bond acceptors (Lipinski definition) is 6. The van der Waals surface area contributed by atoms with E-state index in [0.717, 1.165) is 5.56 Å². The number of carbonyl (C=O) groups is 1. The lowest BCUT2D eigenvalue weighted by Gasteiger charge is -2.27. The molecule has 1 atom stereocenters. The molecule has 1 fully saturated rings. The number of ether oxygens (including phenoxy) is 2. The Bertz CT molecular complexity index is 663. The van der Waals surface area contributed by atoms with Crippen LogP contribution in [-0.4, -0.2) is 44.2 Å². The van der Waals surface area contributed by atoms with Gasteiger partial charge in [0.15, 0.2) is 12.1 Å². The van der Waals surface area contributed by atoms with Gasteiger partial charge < -0.3 is 18.5 Å². The summed E-state index contributed by atoms with van der Waals surface area (Å²) in [5.74, 6) is -0.0944. The third kappa shape index (κ3) is 6.23. The minimum atomic E-state index is -3.47. The molecule has 1 aliphatic rings. The summed E-state index contributed by atoms with van der Waals surface area (Å²) in [4.78, 5) is 12.9. The zero-order valence-electron chi connectivity index (χ0n) is 17.6. The number of carbonyl (C=O) groups excluding carboxylic acids is 1. The fourth-order valence-corrected chi connectivity index (χ4v) is 5.22. The van der Waals surface area contributed by atoms with E-state index in [1.807, 2.05) is 24.3 Å². The van der Waals surface area contributed by atoms with Crippen molar-refractivity contribution >= 4 is 13.4 Å². The highest BCUT2D eigenvalue weighted by Crippen LogP contribution is 2.56. The lowest BCUT2D eigenvalue weighted by atomic mass is 9.86. The first-order chi connectivity index (χ1) is 13.2. The van der Waals surface area contributed by atoms with Crippen LogP contribution in [0, 0.1) is 0 Å². The predicted molar refractivity (Wildman–Crippen MR) is 109 cm³/mol. The van der Waals surface area contributed by atoms with Crippen molar-refractivity contribution in [1.29, 1.82) is 0 Å². The first kappa shape index (κ1) is 23.2. The SMILES string of the molecule is CCOP(=O)(OCC)C(CC(=O)c1ccc(C(C)(C)C)cc1)CC1OCCO1. The molecule has 0 spiro atoms. The van der Waals surface area contributed by atoms with Gasteiger partial charge in [0.25, 0.3) is 0 Å². The molecule has 7 heteroatoms. The number of rotatable bonds is 10. The zero-order chi connectivity index (χ0) is 20.8. The van der Waals surface area contributed by atoms with E-state index in [2.05, 4.69) is 20.8 Å². The van der Waals surface area contributed by atoms with Gasteiger partial charge in [0.1, 0.15) is 0 Å². The fourth-order valence-electron chi connectivity index (χ4n) is 3.19. The topological polar surface area (TPSA) is 71.1 Å². The molecule has 0 amide bonds. The molecule has 28 heavy (non-hydrogen) atoms. The van der Waals surface area contributed by atoms with E-state index in [1.54, 1.807) is 13.8 Å². The lowest BCUT2D eigenvalue weighted by molar-refractivity contribution is -0.0483. The molecule has 158 valence electrons. The summed E-state index contributed by atoms with van der Waals surface area (Å²) in [5, 5.41) is 0. The summed E-state index contributed by atoms with van der Waals surface area (Å²) in [6.45, 7) is 11.4. The third-order valence-electron chi connectivity index (χ3n) is 4.71. The molecule has 1 unspecified atom stereocenters. The van der Waals surface area contributed by atoms with Gasteiger partial charge in [0, 0.05) is 18.4 Å². The summed E-state index contributed by atoms with van der Waals surface area (Å²) in [5.41, 5.74) is 1.14. The van der Waals surface area contributed by atoms with Crippen molar-refractivity contribution < 1.29 is 27.9 Å². The van der Waals surface area contributed by atoms with Crippen molar-refractivity contribution in [2.24, 2.45) is 0 Å². The van der Waals surface area contributed by atoms with E-state index in [-0.39, 0.29) is 30.8 Å². The Morgan fingerprint density at radius 2 is 1.64 bits per heavy atom. The summed E-state index contributed by atoms with van der Waals surface area (Å²) < 4.78 is 35.4. The first-order valence-electron chi connectivity index (χ1n) is 9.95. The second kappa shape index (κ2) is 10.1. The van der Waals surface area contributed by atoms with Gasteiger partial charge in [-0.2, -0.15) is 0 Å². The van der Waals surface area contributed by atoms with Crippen LogP contribution in [0.15, 0.2) is 24.3 Å². The first-order valence-corrected chi connectivity index (χ1v) is 11.6. The summed E-state index contributed by atoms with van der Waals surface area (Å²) >= 11 is 0. The molecule has 1 heterocycles. The second-order valence-electron chi connectivity index (χ2n) is 7.89. The van der Waals surface area contributed by atoms with Crippen LogP contribution in [0.1, 0.15) is 63.4 Å². The maximum Gasteiger partial charge on any atom is 0.334 e. The molecule has 6 nitrogen and oxygen atoms in total. The molecular formula is C21H33O6P. The highest BCUT2D eigenvalue weighted by Gasteiger charge is 2.40. The predicted octanol–water partition coefficient (Wildman–Crippen LogP) is 4.95. The van der Waals surface area contributed by atoms with E-state index < -0.39 is 19.5 Å². The van der Waals surface area contributed by atoms with Gasteiger partial charge in [-0.25, -0.2) is 0 Å².